The number of imide groups is 1. The summed E-state index contributed by atoms with van der Waals surface area (Å²) in [6.45, 7) is 19.5. The van der Waals surface area contributed by atoms with E-state index in [2.05, 4.69) is 53.0 Å². The van der Waals surface area contributed by atoms with Crippen LogP contribution in [-0.2, 0) is 9.59 Å². The Morgan fingerprint density at radius 1 is 1.22 bits per heavy atom. The highest BCUT2D eigenvalue weighted by Gasteiger charge is 2.38. The van der Waals surface area contributed by atoms with Gasteiger partial charge in [0.25, 0.3) is 0 Å². The van der Waals surface area contributed by atoms with Gasteiger partial charge in [-0.05, 0) is 63.1 Å². The number of hydrogen-bond acceptors (Lipinski definition) is 3. The Labute approximate surface area is 167 Å². The lowest BCUT2D eigenvalue weighted by atomic mass is 9.67. The Bertz CT molecular complexity index is 543. The summed E-state index contributed by atoms with van der Waals surface area (Å²) in [5.41, 5.74) is 1.61. The van der Waals surface area contributed by atoms with E-state index in [0.717, 1.165) is 31.4 Å². The lowest BCUT2D eigenvalue weighted by molar-refractivity contribution is -0.139. The van der Waals surface area contributed by atoms with Crippen molar-refractivity contribution in [2.24, 2.45) is 22.7 Å². The highest BCUT2D eigenvalue weighted by Crippen LogP contribution is 2.42. The van der Waals surface area contributed by atoms with E-state index < -0.39 is 0 Å². The van der Waals surface area contributed by atoms with Crippen LogP contribution in [0.25, 0.3) is 0 Å². The zero-order valence-corrected chi connectivity index (χ0v) is 19.0. The van der Waals surface area contributed by atoms with Gasteiger partial charge in [0.05, 0.1) is 5.92 Å². The predicted octanol–water partition coefficient (Wildman–Crippen LogP) is 4.75. The molecule has 1 rings (SSSR count). The molecule has 1 saturated heterocycles. The van der Waals surface area contributed by atoms with Gasteiger partial charge in [0.1, 0.15) is 0 Å². The first kappa shape index (κ1) is 23.9. The van der Waals surface area contributed by atoms with E-state index in [0.29, 0.717) is 30.7 Å². The molecular weight excluding hydrogens is 336 g/mol. The molecule has 0 bridgehead atoms. The number of carbonyl (C=O) groups excluding carboxylic acids is 2. The molecule has 0 radical (unpaired) electrons. The Morgan fingerprint density at radius 3 is 2.33 bits per heavy atom. The predicted molar refractivity (Wildman–Crippen MR) is 113 cm³/mol. The van der Waals surface area contributed by atoms with Crippen molar-refractivity contribution in [3.63, 3.8) is 0 Å². The topological polar surface area (TPSA) is 40.6 Å². The number of carbonyl (C=O) groups is 2. The van der Waals surface area contributed by atoms with Gasteiger partial charge < -0.3 is 4.90 Å². The lowest BCUT2D eigenvalue weighted by Gasteiger charge is -2.38. The number of hydrogen-bond donors (Lipinski definition) is 0. The van der Waals surface area contributed by atoms with Crippen LogP contribution in [0.2, 0.25) is 0 Å². The van der Waals surface area contributed by atoms with Crippen LogP contribution < -0.4 is 0 Å². The number of allylic oxidation sites excluding steroid dienone is 1. The molecule has 0 aliphatic carbocycles. The maximum atomic E-state index is 12.6. The van der Waals surface area contributed by atoms with Crippen molar-refractivity contribution < 1.29 is 9.59 Å². The van der Waals surface area contributed by atoms with Gasteiger partial charge in [-0.2, -0.15) is 0 Å². The standard InChI is InChI=1S/C23H42N2O2/c1-17(13-18(2)23(6,7)16-22(3,4)5)14-19-15-20(26)25(21(19)27)12-10-11-24(8)9/h18-19H,1,10-16H2,2-9H3. The van der Waals surface area contributed by atoms with Crippen LogP contribution in [0, 0.1) is 22.7 Å². The average Bonchev–Trinajstić information content (AvgIpc) is 2.71. The average molecular weight is 379 g/mol. The fraction of sp³-hybridized carbons (Fsp3) is 0.826. The van der Waals surface area contributed by atoms with E-state index in [9.17, 15) is 9.59 Å². The Kier molecular flexibility index (Phi) is 8.28. The molecule has 0 aromatic heterocycles. The van der Waals surface area contributed by atoms with Crippen LogP contribution in [-0.4, -0.2) is 48.8 Å². The molecule has 2 atom stereocenters. The second-order valence-corrected chi connectivity index (χ2v) is 10.7. The van der Waals surface area contributed by atoms with Crippen molar-refractivity contribution >= 4 is 11.8 Å². The Balaban J connectivity index is 2.57. The molecule has 27 heavy (non-hydrogen) atoms. The van der Waals surface area contributed by atoms with Crippen molar-refractivity contribution in [2.45, 2.75) is 73.6 Å². The molecular formula is C23H42N2O2. The quantitative estimate of drug-likeness (QED) is 0.407. The van der Waals surface area contributed by atoms with Crippen LogP contribution in [0.4, 0.5) is 0 Å². The number of amides is 2. The molecule has 1 aliphatic rings. The smallest absolute Gasteiger partial charge is 0.233 e. The van der Waals surface area contributed by atoms with E-state index in [1.54, 1.807) is 0 Å². The molecule has 0 saturated carbocycles. The third-order valence-electron chi connectivity index (χ3n) is 5.77. The van der Waals surface area contributed by atoms with E-state index >= 15 is 0 Å². The summed E-state index contributed by atoms with van der Waals surface area (Å²) in [6, 6.07) is 0. The molecule has 0 aromatic carbocycles. The molecule has 0 aromatic rings. The summed E-state index contributed by atoms with van der Waals surface area (Å²) < 4.78 is 0. The van der Waals surface area contributed by atoms with Crippen molar-refractivity contribution in [3.8, 4) is 0 Å². The van der Waals surface area contributed by atoms with Crippen LogP contribution in [0.1, 0.15) is 73.6 Å². The zero-order chi connectivity index (χ0) is 21.0. The maximum Gasteiger partial charge on any atom is 0.233 e. The summed E-state index contributed by atoms with van der Waals surface area (Å²) in [6.07, 6.45) is 3.89. The molecule has 1 aliphatic heterocycles. The lowest BCUT2D eigenvalue weighted by Crippen LogP contribution is -2.33. The zero-order valence-electron chi connectivity index (χ0n) is 19.0. The number of likely N-dealkylation sites (tertiary alicyclic amines) is 1. The van der Waals surface area contributed by atoms with Gasteiger partial charge in [-0.3, -0.25) is 14.5 Å². The van der Waals surface area contributed by atoms with Gasteiger partial charge in [-0.25, -0.2) is 0 Å². The van der Waals surface area contributed by atoms with E-state index in [4.69, 9.17) is 0 Å². The summed E-state index contributed by atoms with van der Waals surface area (Å²) in [5.74, 6) is 0.272. The normalized spacial score (nSPS) is 19.9. The minimum Gasteiger partial charge on any atom is -0.309 e. The van der Waals surface area contributed by atoms with Crippen LogP contribution in [0.15, 0.2) is 12.2 Å². The fourth-order valence-corrected chi connectivity index (χ4v) is 4.37. The molecule has 4 nitrogen and oxygen atoms in total. The van der Waals surface area contributed by atoms with Crippen molar-refractivity contribution in [3.05, 3.63) is 12.2 Å². The van der Waals surface area contributed by atoms with Gasteiger partial charge in [-0.1, -0.05) is 53.7 Å². The second kappa shape index (κ2) is 9.36. The summed E-state index contributed by atoms with van der Waals surface area (Å²) in [7, 11) is 4.01. The minimum atomic E-state index is -0.206. The highest BCUT2D eigenvalue weighted by atomic mass is 16.2. The number of nitrogens with zero attached hydrogens (tertiary/aromatic N) is 2. The fourth-order valence-electron chi connectivity index (χ4n) is 4.37. The monoisotopic (exact) mass is 378 g/mol. The largest absolute Gasteiger partial charge is 0.309 e. The first-order valence-electron chi connectivity index (χ1n) is 10.4. The van der Waals surface area contributed by atoms with E-state index in [1.165, 1.54) is 4.90 Å². The van der Waals surface area contributed by atoms with E-state index in [-0.39, 0.29) is 23.1 Å². The van der Waals surface area contributed by atoms with Crippen LogP contribution in [0.3, 0.4) is 0 Å². The SMILES string of the molecule is C=C(CC1CC(=O)N(CCCN(C)C)C1=O)CC(C)C(C)(C)CC(C)(C)C. The van der Waals surface area contributed by atoms with Crippen molar-refractivity contribution in [2.75, 3.05) is 27.2 Å². The molecule has 1 heterocycles. The first-order chi connectivity index (χ1) is 12.2. The number of rotatable bonds is 10. The Hall–Kier alpha value is -1.16. The molecule has 2 unspecified atom stereocenters. The summed E-state index contributed by atoms with van der Waals surface area (Å²) in [5, 5.41) is 0. The highest BCUT2D eigenvalue weighted by molar-refractivity contribution is 6.03. The van der Waals surface area contributed by atoms with Gasteiger partial charge in [0.2, 0.25) is 11.8 Å². The summed E-state index contributed by atoms with van der Waals surface area (Å²) >= 11 is 0. The molecule has 4 heteroatoms. The van der Waals surface area contributed by atoms with Gasteiger partial charge in [-0.15, -0.1) is 0 Å². The van der Waals surface area contributed by atoms with Crippen LogP contribution in [0.5, 0.6) is 0 Å². The first-order valence-corrected chi connectivity index (χ1v) is 10.4. The molecule has 0 N–H and O–H groups in total. The van der Waals surface area contributed by atoms with E-state index in [1.807, 2.05) is 14.1 Å². The van der Waals surface area contributed by atoms with Gasteiger partial charge in [0, 0.05) is 13.0 Å². The third kappa shape index (κ3) is 7.77. The van der Waals surface area contributed by atoms with Crippen molar-refractivity contribution in [1.82, 2.24) is 9.80 Å². The van der Waals surface area contributed by atoms with Crippen LogP contribution >= 0.6 is 0 Å². The molecule has 1 fully saturated rings. The minimum absolute atomic E-state index is 0.00140. The van der Waals surface area contributed by atoms with Gasteiger partial charge >= 0.3 is 0 Å². The van der Waals surface area contributed by atoms with Crippen molar-refractivity contribution in [1.29, 1.82) is 0 Å². The summed E-state index contributed by atoms with van der Waals surface area (Å²) in [4.78, 5) is 28.4. The Morgan fingerprint density at radius 2 is 1.81 bits per heavy atom. The van der Waals surface area contributed by atoms with Gasteiger partial charge in [0.15, 0.2) is 0 Å². The second-order valence-electron chi connectivity index (χ2n) is 10.7. The molecule has 156 valence electrons. The maximum absolute atomic E-state index is 12.6. The third-order valence-corrected chi connectivity index (χ3v) is 5.77. The molecule has 0 spiro atoms. The molecule has 2 amide bonds.